The summed E-state index contributed by atoms with van der Waals surface area (Å²) in [6, 6.07) is 12.1. The van der Waals surface area contributed by atoms with Crippen molar-refractivity contribution < 1.29 is 9.36 Å². The molecule has 3 rings (SSSR count). The second-order valence-corrected chi connectivity index (χ2v) is 7.37. The highest BCUT2D eigenvalue weighted by Gasteiger charge is 2.26. The number of Topliss-reactive ketones (excluding diaryl/α,β-unsaturated/α-hetero) is 1. The predicted molar refractivity (Wildman–Crippen MR) is 106 cm³/mol. The van der Waals surface area contributed by atoms with Gasteiger partial charge >= 0.3 is 0 Å². The highest BCUT2D eigenvalue weighted by molar-refractivity contribution is 6.03. The zero-order valence-corrected chi connectivity index (χ0v) is 15.9. The van der Waals surface area contributed by atoms with Crippen molar-refractivity contribution in [2.45, 2.75) is 70.9 Å². The molecule has 1 aromatic carbocycles. The summed E-state index contributed by atoms with van der Waals surface area (Å²) in [6.45, 7) is 3.32. The molecule has 0 fully saturated rings. The molecule has 2 heterocycles. The van der Waals surface area contributed by atoms with Gasteiger partial charge in [0.1, 0.15) is 6.54 Å². The van der Waals surface area contributed by atoms with Gasteiger partial charge in [0.25, 0.3) is 0 Å². The van der Waals surface area contributed by atoms with Crippen LogP contribution in [0.5, 0.6) is 0 Å². The van der Waals surface area contributed by atoms with Gasteiger partial charge in [0.05, 0.1) is 6.04 Å². The summed E-state index contributed by atoms with van der Waals surface area (Å²) < 4.78 is 2.27. The van der Waals surface area contributed by atoms with Crippen LogP contribution in [0.25, 0.3) is 0 Å². The summed E-state index contributed by atoms with van der Waals surface area (Å²) in [6.07, 6.45) is 14.2. The van der Waals surface area contributed by atoms with Gasteiger partial charge in [-0.05, 0) is 24.6 Å². The van der Waals surface area contributed by atoms with E-state index in [2.05, 4.69) is 41.3 Å². The normalized spacial score (nSPS) is 16.2. The zero-order valence-electron chi connectivity index (χ0n) is 15.9. The summed E-state index contributed by atoms with van der Waals surface area (Å²) in [7, 11) is 0. The number of aryl methyl sites for hydroxylation is 1. The van der Waals surface area contributed by atoms with Crippen molar-refractivity contribution in [3.05, 3.63) is 59.9 Å². The zero-order chi connectivity index (χ0) is 18.2. The van der Waals surface area contributed by atoms with E-state index >= 15 is 0 Å². The highest BCUT2D eigenvalue weighted by atomic mass is 16.1. The molecule has 138 valence electrons. The number of ketones is 1. The third kappa shape index (κ3) is 4.94. The molecule has 0 aliphatic carbocycles. The molecule has 0 saturated carbocycles. The molecule has 26 heavy (non-hydrogen) atoms. The first-order valence-electron chi connectivity index (χ1n) is 10.2. The summed E-state index contributed by atoms with van der Waals surface area (Å²) in [5, 5.41) is 3.53. The van der Waals surface area contributed by atoms with Crippen molar-refractivity contribution in [2.24, 2.45) is 0 Å². The number of hydrogen-bond acceptors (Lipinski definition) is 2. The lowest BCUT2D eigenvalue weighted by Gasteiger charge is -2.25. The van der Waals surface area contributed by atoms with Crippen molar-refractivity contribution in [1.82, 2.24) is 0 Å². The maximum absolute atomic E-state index is 12.4. The number of para-hydroxylation sites is 1. The summed E-state index contributed by atoms with van der Waals surface area (Å²) in [4.78, 5) is 12.4. The van der Waals surface area contributed by atoms with Gasteiger partial charge < -0.3 is 5.32 Å². The first-order chi connectivity index (χ1) is 12.8. The Morgan fingerprint density at radius 1 is 1.00 bits per heavy atom. The Kier molecular flexibility index (Phi) is 6.82. The largest absolute Gasteiger partial charge is 0.377 e. The van der Waals surface area contributed by atoms with Crippen LogP contribution in [0.2, 0.25) is 0 Å². The molecule has 3 heteroatoms. The lowest BCUT2D eigenvalue weighted by molar-refractivity contribution is -0.697. The lowest BCUT2D eigenvalue weighted by atomic mass is 9.93. The Hall–Kier alpha value is -2.16. The molecular formula is C23H31N2O+. The Balaban J connectivity index is 1.54. The van der Waals surface area contributed by atoms with Crippen LogP contribution < -0.4 is 9.88 Å². The van der Waals surface area contributed by atoms with Crippen LogP contribution in [0, 0.1) is 0 Å². The van der Waals surface area contributed by atoms with Gasteiger partial charge in [-0.2, -0.15) is 0 Å². The molecule has 3 nitrogen and oxygen atoms in total. The summed E-state index contributed by atoms with van der Waals surface area (Å²) >= 11 is 0. The van der Waals surface area contributed by atoms with Crippen molar-refractivity contribution in [2.75, 3.05) is 5.32 Å². The monoisotopic (exact) mass is 351 g/mol. The average molecular weight is 352 g/mol. The smallest absolute Gasteiger partial charge is 0.174 e. The van der Waals surface area contributed by atoms with Gasteiger partial charge in [0, 0.05) is 35.7 Å². The molecule has 1 atom stereocenters. The maximum Gasteiger partial charge on any atom is 0.174 e. The Morgan fingerprint density at radius 2 is 1.77 bits per heavy atom. The number of nitrogens with one attached hydrogen (secondary N) is 1. The topological polar surface area (TPSA) is 33.0 Å². The lowest BCUT2D eigenvalue weighted by Crippen LogP contribution is -2.34. The van der Waals surface area contributed by atoms with Gasteiger partial charge in [0.15, 0.2) is 18.2 Å². The quantitative estimate of drug-likeness (QED) is 0.480. The van der Waals surface area contributed by atoms with Crippen LogP contribution in [-0.2, 0) is 6.54 Å². The van der Waals surface area contributed by atoms with E-state index in [-0.39, 0.29) is 11.8 Å². The number of anilines is 1. The average Bonchev–Trinajstić information content (AvgIpc) is 2.67. The van der Waals surface area contributed by atoms with E-state index in [0.717, 1.165) is 17.8 Å². The molecule has 1 aliphatic heterocycles. The fourth-order valence-corrected chi connectivity index (χ4v) is 3.73. The van der Waals surface area contributed by atoms with Crippen LogP contribution >= 0.6 is 0 Å². The van der Waals surface area contributed by atoms with Crippen molar-refractivity contribution in [1.29, 1.82) is 0 Å². The van der Waals surface area contributed by atoms with Gasteiger partial charge in [-0.15, -0.1) is 0 Å². The van der Waals surface area contributed by atoms with E-state index in [9.17, 15) is 4.79 Å². The third-order valence-electron chi connectivity index (χ3n) is 5.25. The number of rotatable bonds is 9. The SMILES string of the molecule is CCCCCCCCC[n+]1cccc(C2CC(=O)c3ccccc3N2)c1. The molecule has 1 N–H and O–H groups in total. The number of carbonyl (C=O) groups is 1. The van der Waals surface area contributed by atoms with E-state index in [1.807, 2.05) is 24.3 Å². The Labute approximate surface area is 157 Å². The van der Waals surface area contributed by atoms with E-state index in [0.29, 0.717) is 6.42 Å². The number of hydrogen-bond donors (Lipinski definition) is 1. The highest BCUT2D eigenvalue weighted by Crippen LogP contribution is 2.31. The van der Waals surface area contributed by atoms with E-state index in [4.69, 9.17) is 0 Å². The molecule has 0 saturated heterocycles. The molecule has 0 bridgehead atoms. The fourth-order valence-electron chi connectivity index (χ4n) is 3.73. The van der Waals surface area contributed by atoms with E-state index < -0.39 is 0 Å². The number of carbonyl (C=O) groups excluding carboxylic acids is 1. The molecule has 0 spiro atoms. The van der Waals surface area contributed by atoms with Crippen molar-refractivity contribution in [3.8, 4) is 0 Å². The van der Waals surface area contributed by atoms with Crippen LogP contribution in [-0.4, -0.2) is 5.78 Å². The molecular weight excluding hydrogens is 320 g/mol. The summed E-state index contributed by atoms with van der Waals surface area (Å²) in [5.74, 6) is 0.229. The number of nitrogens with zero attached hydrogens (tertiary/aromatic N) is 1. The molecule has 2 aromatic rings. The van der Waals surface area contributed by atoms with Crippen LogP contribution in [0.3, 0.4) is 0 Å². The molecule has 1 unspecified atom stereocenters. The maximum atomic E-state index is 12.4. The molecule has 1 aromatic heterocycles. The minimum atomic E-state index is 0.0684. The molecule has 0 radical (unpaired) electrons. The van der Waals surface area contributed by atoms with Gasteiger partial charge in [-0.3, -0.25) is 4.79 Å². The number of benzene rings is 1. The van der Waals surface area contributed by atoms with E-state index in [1.54, 1.807) is 0 Å². The minimum Gasteiger partial charge on any atom is -0.377 e. The number of pyridine rings is 1. The van der Waals surface area contributed by atoms with Crippen molar-refractivity contribution >= 4 is 11.5 Å². The minimum absolute atomic E-state index is 0.0684. The second-order valence-electron chi connectivity index (χ2n) is 7.37. The molecule has 0 amide bonds. The number of aromatic nitrogens is 1. The third-order valence-corrected chi connectivity index (χ3v) is 5.25. The van der Waals surface area contributed by atoms with Gasteiger partial charge in [-0.25, -0.2) is 4.57 Å². The number of fused-ring (bicyclic) bond motifs is 1. The Bertz CT molecular complexity index is 726. The second kappa shape index (κ2) is 9.51. The molecule has 1 aliphatic rings. The van der Waals surface area contributed by atoms with Crippen LogP contribution in [0.4, 0.5) is 5.69 Å². The fraction of sp³-hybridized carbons (Fsp3) is 0.478. The number of unbranched alkanes of at least 4 members (excludes halogenated alkanes) is 6. The first-order valence-corrected chi connectivity index (χ1v) is 10.2. The van der Waals surface area contributed by atoms with Crippen LogP contribution in [0.1, 0.15) is 80.3 Å². The predicted octanol–water partition coefficient (Wildman–Crippen LogP) is 5.46. The van der Waals surface area contributed by atoms with E-state index in [1.165, 1.54) is 50.5 Å². The summed E-state index contributed by atoms with van der Waals surface area (Å²) in [5.41, 5.74) is 2.96. The van der Waals surface area contributed by atoms with Gasteiger partial charge in [0.2, 0.25) is 0 Å². The Morgan fingerprint density at radius 3 is 2.62 bits per heavy atom. The first kappa shape index (κ1) is 18.6. The van der Waals surface area contributed by atoms with Crippen LogP contribution in [0.15, 0.2) is 48.8 Å². The van der Waals surface area contributed by atoms with Crippen molar-refractivity contribution in [3.63, 3.8) is 0 Å². The standard InChI is InChI=1S/C23H30N2O/c1-2-3-4-5-6-7-10-15-25-16-11-12-19(18-25)22-17-23(26)20-13-8-9-14-21(20)24-22/h8-9,11-14,16,18,22H,2-7,10,15,17H2,1H3/p+1. The van der Waals surface area contributed by atoms with Gasteiger partial charge in [-0.1, -0.05) is 51.2 Å².